The number of hydrogen-bond donors (Lipinski definition) is 1. The second-order valence-corrected chi connectivity index (χ2v) is 7.68. The van der Waals surface area contributed by atoms with E-state index in [9.17, 15) is 4.79 Å². The fraction of sp³-hybridized carbons (Fsp3) is 0.0400. The minimum atomic E-state index is -0.141. The number of amides is 1. The van der Waals surface area contributed by atoms with E-state index < -0.39 is 0 Å². The highest BCUT2D eigenvalue weighted by atomic mass is 32.1. The Morgan fingerprint density at radius 2 is 1.55 bits per heavy atom. The molecule has 1 amide bonds. The number of aromatic nitrogens is 1. The minimum absolute atomic E-state index is 0.141. The molecule has 0 aliphatic carbocycles. The lowest BCUT2D eigenvalue weighted by Crippen LogP contribution is -2.13. The van der Waals surface area contributed by atoms with Crippen molar-refractivity contribution in [2.75, 3.05) is 5.32 Å². The molecule has 3 nitrogen and oxygen atoms in total. The Labute approximate surface area is 174 Å². The summed E-state index contributed by atoms with van der Waals surface area (Å²) in [4.78, 5) is 17.6. The third-order valence-electron chi connectivity index (χ3n) is 4.50. The molecule has 0 fully saturated rings. The molecule has 0 unspecified atom stereocenters. The van der Waals surface area contributed by atoms with Crippen molar-refractivity contribution in [2.45, 2.75) is 6.92 Å². The number of benzene rings is 3. The molecule has 0 spiro atoms. The largest absolute Gasteiger partial charge is 0.322 e. The van der Waals surface area contributed by atoms with Crippen LogP contribution in [0.1, 0.15) is 16.1 Å². The molecule has 4 heteroatoms. The van der Waals surface area contributed by atoms with Gasteiger partial charge >= 0.3 is 0 Å². The van der Waals surface area contributed by atoms with Gasteiger partial charge in [-0.3, -0.25) is 4.79 Å². The topological polar surface area (TPSA) is 42.0 Å². The Hall–Kier alpha value is -3.50. The number of anilines is 1. The Morgan fingerprint density at radius 3 is 2.17 bits per heavy atom. The van der Waals surface area contributed by atoms with E-state index in [1.165, 1.54) is 0 Å². The van der Waals surface area contributed by atoms with Gasteiger partial charge in [-0.15, -0.1) is 11.3 Å². The van der Waals surface area contributed by atoms with E-state index >= 15 is 0 Å². The zero-order valence-electron chi connectivity index (χ0n) is 16.0. The maximum Gasteiger partial charge on any atom is 0.256 e. The predicted molar refractivity (Wildman–Crippen MR) is 122 cm³/mol. The third kappa shape index (κ3) is 4.68. The van der Waals surface area contributed by atoms with Crippen molar-refractivity contribution >= 4 is 34.6 Å². The summed E-state index contributed by atoms with van der Waals surface area (Å²) in [6.45, 7) is 1.99. The smallest absolute Gasteiger partial charge is 0.256 e. The maximum absolute atomic E-state index is 13.1. The second-order valence-electron chi connectivity index (χ2n) is 6.62. The molecule has 1 N–H and O–H groups in total. The molecule has 4 aromatic rings. The van der Waals surface area contributed by atoms with Gasteiger partial charge in [-0.1, -0.05) is 72.8 Å². The summed E-state index contributed by atoms with van der Waals surface area (Å²) in [6, 6.07) is 27.4. The normalized spacial score (nSPS) is 11.3. The molecule has 0 bridgehead atoms. The summed E-state index contributed by atoms with van der Waals surface area (Å²) in [6.07, 6.45) is 1.91. The van der Waals surface area contributed by atoms with E-state index in [4.69, 9.17) is 0 Å². The molecule has 1 aromatic heterocycles. The van der Waals surface area contributed by atoms with Gasteiger partial charge in [-0.25, -0.2) is 4.98 Å². The molecular formula is C25H20N2OS. The summed E-state index contributed by atoms with van der Waals surface area (Å²) < 4.78 is 0. The highest BCUT2D eigenvalue weighted by Gasteiger charge is 2.13. The summed E-state index contributed by atoms with van der Waals surface area (Å²) in [5, 5.41) is 6.10. The van der Waals surface area contributed by atoms with Gasteiger partial charge in [-0.05, 0) is 36.3 Å². The summed E-state index contributed by atoms with van der Waals surface area (Å²) in [5.74, 6) is -0.141. The first-order chi connectivity index (χ1) is 14.2. The first-order valence-electron chi connectivity index (χ1n) is 9.35. The van der Waals surface area contributed by atoms with Crippen molar-refractivity contribution in [2.24, 2.45) is 0 Å². The molecule has 1 heterocycles. The van der Waals surface area contributed by atoms with Crippen LogP contribution in [0.3, 0.4) is 0 Å². The van der Waals surface area contributed by atoms with Crippen molar-refractivity contribution in [3.05, 3.63) is 106 Å². The first-order valence-corrected chi connectivity index (χ1v) is 10.2. The van der Waals surface area contributed by atoms with Crippen molar-refractivity contribution in [1.29, 1.82) is 0 Å². The Morgan fingerprint density at radius 1 is 0.897 bits per heavy atom. The van der Waals surface area contributed by atoms with Crippen molar-refractivity contribution in [3.63, 3.8) is 0 Å². The van der Waals surface area contributed by atoms with Crippen LogP contribution in [-0.4, -0.2) is 10.9 Å². The van der Waals surface area contributed by atoms with Gasteiger partial charge in [0, 0.05) is 22.2 Å². The van der Waals surface area contributed by atoms with Gasteiger partial charge in [-0.2, -0.15) is 0 Å². The van der Waals surface area contributed by atoms with Crippen molar-refractivity contribution < 1.29 is 4.79 Å². The summed E-state index contributed by atoms with van der Waals surface area (Å²) >= 11 is 1.63. The average molecular weight is 397 g/mol. The van der Waals surface area contributed by atoms with E-state index in [2.05, 4.69) is 10.3 Å². The van der Waals surface area contributed by atoms with Crippen LogP contribution in [0.4, 0.5) is 5.69 Å². The molecular weight excluding hydrogens is 376 g/mol. The van der Waals surface area contributed by atoms with Crippen LogP contribution in [0.25, 0.3) is 22.9 Å². The van der Waals surface area contributed by atoms with Crippen molar-refractivity contribution in [1.82, 2.24) is 4.98 Å². The van der Waals surface area contributed by atoms with Crippen LogP contribution in [0, 0.1) is 6.92 Å². The van der Waals surface area contributed by atoms with Gasteiger partial charge in [0.25, 0.3) is 5.91 Å². The van der Waals surface area contributed by atoms with Crippen LogP contribution < -0.4 is 5.32 Å². The molecule has 3 aromatic carbocycles. The molecule has 29 heavy (non-hydrogen) atoms. The number of aryl methyl sites for hydroxylation is 1. The maximum atomic E-state index is 13.1. The first kappa shape index (κ1) is 18.8. The fourth-order valence-corrected chi connectivity index (χ4v) is 3.65. The van der Waals surface area contributed by atoms with Gasteiger partial charge in [0.05, 0.1) is 10.7 Å². The minimum Gasteiger partial charge on any atom is -0.322 e. The molecule has 0 saturated carbocycles. The quantitative estimate of drug-likeness (QED) is 0.318. The number of rotatable bonds is 5. The van der Waals surface area contributed by atoms with E-state index in [0.29, 0.717) is 5.57 Å². The Balaban J connectivity index is 1.59. The van der Waals surface area contributed by atoms with Gasteiger partial charge in [0.1, 0.15) is 0 Å². The predicted octanol–water partition coefficient (Wildman–Crippen LogP) is 6.30. The van der Waals surface area contributed by atoms with Crippen LogP contribution in [-0.2, 0) is 4.79 Å². The third-order valence-corrected chi connectivity index (χ3v) is 5.27. The molecule has 0 aliphatic heterocycles. The number of carbonyl (C=O) groups excluding carboxylic acids is 1. The molecule has 0 atom stereocenters. The molecule has 0 saturated heterocycles. The lowest BCUT2D eigenvalue weighted by molar-refractivity contribution is -0.111. The van der Waals surface area contributed by atoms with Crippen LogP contribution in [0.15, 0.2) is 90.3 Å². The number of carbonyl (C=O) groups is 1. The summed E-state index contributed by atoms with van der Waals surface area (Å²) in [7, 11) is 0. The summed E-state index contributed by atoms with van der Waals surface area (Å²) in [5.41, 5.74) is 5.23. The molecule has 142 valence electrons. The van der Waals surface area contributed by atoms with Gasteiger partial charge < -0.3 is 5.32 Å². The van der Waals surface area contributed by atoms with Crippen LogP contribution in [0.2, 0.25) is 0 Å². The zero-order chi connectivity index (χ0) is 20.1. The zero-order valence-corrected chi connectivity index (χ0v) is 16.8. The van der Waals surface area contributed by atoms with E-state index in [-0.39, 0.29) is 5.91 Å². The number of nitrogens with one attached hydrogen (secondary N) is 1. The molecule has 0 aliphatic rings. The van der Waals surface area contributed by atoms with E-state index in [1.807, 2.05) is 103 Å². The highest BCUT2D eigenvalue weighted by Crippen LogP contribution is 2.25. The van der Waals surface area contributed by atoms with E-state index in [0.717, 1.165) is 33.1 Å². The monoisotopic (exact) mass is 396 g/mol. The second kappa shape index (κ2) is 8.67. The van der Waals surface area contributed by atoms with Gasteiger partial charge in [0.15, 0.2) is 0 Å². The molecule has 4 rings (SSSR count). The van der Waals surface area contributed by atoms with Crippen LogP contribution >= 0.6 is 11.3 Å². The van der Waals surface area contributed by atoms with Gasteiger partial charge in [0.2, 0.25) is 0 Å². The standard InChI is InChI=1S/C25H20N2OS/c1-18-26-24(17-29-18)21-12-14-22(15-13-21)27-25(28)23(20-10-6-3-7-11-20)16-19-8-4-2-5-9-19/h2-17H,1H3,(H,27,28)/b23-16-. The number of thiazole rings is 1. The molecule has 0 radical (unpaired) electrons. The highest BCUT2D eigenvalue weighted by molar-refractivity contribution is 7.09. The number of nitrogens with zero attached hydrogens (tertiary/aromatic N) is 1. The average Bonchev–Trinajstić information content (AvgIpc) is 3.20. The lowest BCUT2D eigenvalue weighted by Gasteiger charge is -2.10. The Bertz CT molecular complexity index is 1130. The Kier molecular flexibility index (Phi) is 5.63. The SMILES string of the molecule is Cc1nc(-c2ccc(NC(=O)/C(=C\c3ccccc3)c3ccccc3)cc2)cs1. The fourth-order valence-electron chi connectivity index (χ4n) is 3.03. The van der Waals surface area contributed by atoms with Crippen molar-refractivity contribution in [3.8, 4) is 11.3 Å². The lowest BCUT2D eigenvalue weighted by atomic mass is 10.0. The van der Waals surface area contributed by atoms with E-state index in [1.54, 1.807) is 11.3 Å². The van der Waals surface area contributed by atoms with Crippen LogP contribution in [0.5, 0.6) is 0 Å². The number of hydrogen-bond acceptors (Lipinski definition) is 3.